The number of ether oxygens (including phenoxy) is 1. The Hall–Kier alpha value is -2.69. The zero-order valence-electron chi connectivity index (χ0n) is 11.6. The minimum Gasteiger partial charge on any atom is -0.457 e. The number of oxime groups is 1. The molecule has 0 saturated heterocycles. The first-order chi connectivity index (χ1) is 10.8. The van der Waals surface area contributed by atoms with Crippen LogP contribution in [0.3, 0.4) is 0 Å². The van der Waals surface area contributed by atoms with E-state index in [9.17, 15) is 0 Å². The summed E-state index contributed by atoms with van der Waals surface area (Å²) in [5.41, 5.74) is 8.85. The molecule has 0 saturated carbocycles. The Bertz CT molecular complexity index is 676. The molecule has 1 aliphatic rings. The molecule has 2 aromatic carbocycles. The highest BCUT2D eigenvalue weighted by Gasteiger charge is 1.98. The molecule has 0 N–H and O–H groups in total. The maximum Gasteiger partial charge on any atom is 0.127 e. The van der Waals surface area contributed by atoms with Crippen molar-refractivity contribution in [1.82, 2.24) is 0 Å². The summed E-state index contributed by atoms with van der Waals surface area (Å²) in [7, 11) is 0. The zero-order chi connectivity index (χ0) is 15.6. The minimum absolute atomic E-state index is 0.513. The number of halogens is 1. The van der Waals surface area contributed by atoms with E-state index in [0.29, 0.717) is 22.2 Å². The van der Waals surface area contributed by atoms with Crippen molar-refractivity contribution < 1.29 is 9.57 Å². The number of nitrogens with zero attached hydrogens (tertiary/aromatic N) is 4. The molecule has 0 radical (unpaired) electrons. The van der Waals surface area contributed by atoms with Gasteiger partial charge in [0, 0.05) is 28.3 Å². The Morgan fingerprint density at radius 1 is 1.18 bits per heavy atom. The summed E-state index contributed by atoms with van der Waals surface area (Å²) in [4.78, 5) is 7.23. The summed E-state index contributed by atoms with van der Waals surface area (Å²) < 4.78 is 5.58. The molecule has 22 heavy (non-hydrogen) atoms. The monoisotopic (exact) mass is 316 g/mol. The Morgan fingerprint density at radius 3 is 2.59 bits per heavy atom. The van der Waals surface area contributed by atoms with Crippen LogP contribution in [0.15, 0.2) is 58.8 Å². The summed E-state index contributed by atoms with van der Waals surface area (Å²) in [6.07, 6.45) is 2.75. The average molecular weight is 317 g/mol. The van der Waals surface area contributed by atoms with Crippen molar-refractivity contribution in [2.24, 2.45) is 10.3 Å². The van der Waals surface area contributed by atoms with E-state index in [1.807, 2.05) is 0 Å². The fraction of sp³-hybridized carbons (Fsp3) is 0.133. The normalized spacial score (nSPS) is 11.7. The second kappa shape index (κ2) is 8.56. The van der Waals surface area contributed by atoms with Crippen LogP contribution in [0.5, 0.6) is 11.5 Å². The lowest BCUT2D eigenvalue weighted by atomic mass is 10.3. The quantitative estimate of drug-likeness (QED) is 0.427. The van der Waals surface area contributed by atoms with E-state index in [4.69, 9.17) is 21.9 Å². The van der Waals surface area contributed by atoms with E-state index in [0.717, 1.165) is 13.0 Å². The Balaban J connectivity index is 0.000000299. The summed E-state index contributed by atoms with van der Waals surface area (Å²) in [6, 6.07) is 13.9. The molecule has 1 aliphatic heterocycles. The first kappa shape index (κ1) is 15.7. The maximum atomic E-state index is 8.33. The lowest BCUT2D eigenvalue weighted by molar-refractivity contribution is 0.174. The van der Waals surface area contributed by atoms with Gasteiger partial charge in [-0.25, -0.2) is 0 Å². The summed E-state index contributed by atoms with van der Waals surface area (Å²) in [6.45, 7) is 0.778. The van der Waals surface area contributed by atoms with Crippen molar-refractivity contribution in [2.75, 3.05) is 6.61 Å². The molecule has 7 heteroatoms. The van der Waals surface area contributed by atoms with E-state index < -0.39 is 0 Å². The highest BCUT2D eigenvalue weighted by atomic mass is 35.5. The van der Waals surface area contributed by atoms with Gasteiger partial charge < -0.3 is 9.57 Å². The molecule has 3 rings (SSSR count). The second-order valence-electron chi connectivity index (χ2n) is 4.15. The Morgan fingerprint density at radius 2 is 2.00 bits per heavy atom. The van der Waals surface area contributed by atoms with E-state index in [2.05, 4.69) is 20.0 Å². The molecule has 0 atom stereocenters. The smallest absolute Gasteiger partial charge is 0.127 e. The standard InChI is InChI=1S/C12H8ClN3O.C3H5NO/c13-9-4-6-11(7-5-9)17-12-3-1-2-10(8-12)15-16-14;1-2-4-5-3-1/h1-8H;2H,1,3H2. The predicted octanol–water partition coefficient (Wildman–Crippen LogP) is 5.47. The minimum atomic E-state index is 0.513. The number of azide groups is 1. The van der Waals surface area contributed by atoms with E-state index in [1.165, 1.54) is 0 Å². The predicted molar refractivity (Wildman–Crippen MR) is 85.8 cm³/mol. The van der Waals surface area contributed by atoms with Gasteiger partial charge in [0.25, 0.3) is 0 Å². The van der Waals surface area contributed by atoms with Gasteiger partial charge in [-0.15, -0.1) is 0 Å². The van der Waals surface area contributed by atoms with E-state index >= 15 is 0 Å². The molecule has 2 aromatic rings. The molecule has 6 nitrogen and oxygen atoms in total. The molecule has 0 unspecified atom stereocenters. The highest BCUT2D eigenvalue weighted by molar-refractivity contribution is 6.30. The van der Waals surface area contributed by atoms with Gasteiger partial charge >= 0.3 is 0 Å². The maximum absolute atomic E-state index is 8.33. The molecule has 1 heterocycles. The SMILES string of the molecule is C1=NOCC1.[N-]=[N+]=Nc1cccc(Oc2ccc(Cl)cc2)c1. The number of rotatable bonds is 3. The van der Waals surface area contributed by atoms with Gasteiger partial charge in [0.2, 0.25) is 0 Å². The average Bonchev–Trinajstić information content (AvgIpc) is 3.10. The Kier molecular flexibility index (Phi) is 6.11. The fourth-order valence-corrected chi connectivity index (χ4v) is 1.69. The molecule has 0 bridgehead atoms. The number of hydrogen-bond acceptors (Lipinski definition) is 4. The third-order valence-electron chi connectivity index (χ3n) is 2.51. The summed E-state index contributed by atoms with van der Waals surface area (Å²) in [5.74, 6) is 1.28. The van der Waals surface area contributed by atoms with Crippen LogP contribution in [-0.4, -0.2) is 12.8 Å². The second-order valence-corrected chi connectivity index (χ2v) is 4.59. The third-order valence-corrected chi connectivity index (χ3v) is 2.77. The number of benzene rings is 2. The summed E-state index contributed by atoms with van der Waals surface area (Å²) in [5, 5.41) is 7.61. The summed E-state index contributed by atoms with van der Waals surface area (Å²) >= 11 is 5.77. The van der Waals surface area contributed by atoms with Gasteiger partial charge in [-0.2, -0.15) is 0 Å². The van der Waals surface area contributed by atoms with Crippen molar-refractivity contribution >= 4 is 23.5 Å². The van der Waals surface area contributed by atoms with Crippen molar-refractivity contribution in [3.8, 4) is 11.5 Å². The van der Waals surface area contributed by atoms with Crippen molar-refractivity contribution in [1.29, 1.82) is 0 Å². The van der Waals surface area contributed by atoms with Gasteiger partial charge in [-0.1, -0.05) is 34.0 Å². The van der Waals surface area contributed by atoms with Crippen LogP contribution in [0.2, 0.25) is 5.02 Å². The first-order valence-electron chi connectivity index (χ1n) is 6.50. The van der Waals surface area contributed by atoms with Crippen LogP contribution in [0.1, 0.15) is 6.42 Å². The van der Waals surface area contributed by atoms with Crippen LogP contribution >= 0.6 is 11.6 Å². The fourth-order valence-electron chi connectivity index (χ4n) is 1.56. The zero-order valence-corrected chi connectivity index (χ0v) is 12.3. The molecular weight excluding hydrogens is 304 g/mol. The van der Waals surface area contributed by atoms with Gasteiger partial charge in [0.1, 0.15) is 18.1 Å². The molecule has 0 aromatic heterocycles. The first-order valence-corrected chi connectivity index (χ1v) is 6.88. The van der Waals surface area contributed by atoms with Crippen LogP contribution in [-0.2, 0) is 4.84 Å². The van der Waals surface area contributed by atoms with Gasteiger partial charge in [0.05, 0.1) is 0 Å². The van der Waals surface area contributed by atoms with Gasteiger partial charge in [-0.3, -0.25) is 0 Å². The third kappa shape index (κ3) is 5.36. The lowest BCUT2D eigenvalue weighted by Gasteiger charge is -2.05. The van der Waals surface area contributed by atoms with Crippen LogP contribution in [0, 0.1) is 0 Å². The topological polar surface area (TPSA) is 79.6 Å². The van der Waals surface area contributed by atoms with Crippen LogP contribution in [0.4, 0.5) is 5.69 Å². The lowest BCUT2D eigenvalue weighted by Crippen LogP contribution is -1.82. The van der Waals surface area contributed by atoms with Crippen molar-refractivity contribution in [3.63, 3.8) is 0 Å². The van der Waals surface area contributed by atoms with Crippen molar-refractivity contribution in [3.05, 3.63) is 64.0 Å². The molecule has 0 aliphatic carbocycles. The van der Waals surface area contributed by atoms with Gasteiger partial charge in [-0.05, 0) is 41.9 Å². The van der Waals surface area contributed by atoms with Crippen LogP contribution < -0.4 is 4.74 Å². The highest BCUT2D eigenvalue weighted by Crippen LogP contribution is 2.26. The largest absolute Gasteiger partial charge is 0.457 e. The number of hydrogen-bond donors (Lipinski definition) is 0. The molecule has 112 valence electrons. The van der Waals surface area contributed by atoms with Gasteiger partial charge in [0.15, 0.2) is 0 Å². The molecule has 0 amide bonds. The molecule has 0 fully saturated rings. The van der Waals surface area contributed by atoms with E-state index in [-0.39, 0.29) is 0 Å². The van der Waals surface area contributed by atoms with E-state index in [1.54, 1.807) is 54.7 Å². The van der Waals surface area contributed by atoms with Crippen LogP contribution in [0.25, 0.3) is 10.4 Å². The van der Waals surface area contributed by atoms with Crippen molar-refractivity contribution in [2.45, 2.75) is 6.42 Å². The molecule has 0 spiro atoms. The molecular formula is C15H13ClN4O2. The Labute approximate surface area is 132 Å².